The second-order valence-corrected chi connectivity index (χ2v) is 7.48. The highest BCUT2D eigenvalue weighted by Gasteiger charge is 2.38. The predicted octanol–water partition coefficient (Wildman–Crippen LogP) is 7.17. The van der Waals surface area contributed by atoms with Crippen molar-refractivity contribution in [3.05, 3.63) is 70.1 Å². The van der Waals surface area contributed by atoms with Crippen molar-refractivity contribution in [2.75, 3.05) is 6.61 Å². The Bertz CT molecular complexity index is 1130. The molecular formula is C21H16Cl2F4N2O3. The van der Waals surface area contributed by atoms with Gasteiger partial charge in [-0.05, 0) is 49.4 Å². The van der Waals surface area contributed by atoms with Crippen molar-refractivity contribution in [3.63, 3.8) is 0 Å². The van der Waals surface area contributed by atoms with E-state index >= 15 is 0 Å². The third kappa shape index (κ3) is 5.86. The van der Waals surface area contributed by atoms with Gasteiger partial charge in [0.2, 0.25) is 5.88 Å². The van der Waals surface area contributed by atoms with Crippen molar-refractivity contribution in [2.45, 2.75) is 13.1 Å². The van der Waals surface area contributed by atoms with Gasteiger partial charge in [-0.3, -0.25) is 0 Å². The van der Waals surface area contributed by atoms with E-state index in [1.165, 1.54) is 56.4 Å². The Morgan fingerprint density at radius 3 is 2.16 bits per heavy atom. The van der Waals surface area contributed by atoms with Crippen LogP contribution in [0.25, 0.3) is 0 Å². The molecule has 1 heterocycles. The van der Waals surface area contributed by atoms with Gasteiger partial charge in [-0.1, -0.05) is 23.2 Å². The molecule has 0 radical (unpaired) electrons. The van der Waals surface area contributed by atoms with Crippen LogP contribution < -0.4 is 14.2 Å². The lowest BCUT2D eigenvalue weighted by Crippen LogP contribution is -2.08. The van der Waals surface area contributed by atoms with E-state index in [-0.39, 0.29) is 39.8 Å². The Morgan fingerprint density at radius 2 is 1.62 bits per heavy atom. The van der Waals surface area contributed by atoms with E-state index in [0.29, 0.717) is 5.75 Å². The Labute approximate surface area is 190 Å². The Hall–Kier alpha value is -2.91. The lowest BCUT2D eigenvalue weighted by atomic mass is 10.2. The summed E-state index contributed by atoms with van der Waals surface area (Å²) in [5.74, 6) is 0.0576. The molecule has 0 spiro atoms. The van der Waals surface area contributed by atoms with Gasteiger partial charge in [-0.2, -0.15) is 18.3 Å². The van der Waals surface area contributed by atoms with Crippen molar-refractivity contribution < 1.29 is 31.8 Å². The number of alkyl halides is 3. The van der Waals surface area contributed by atoms with Gasteiger partial charge in [0.05, 0.1) is 0 Å². The minimum Gasteiger partial charge on any atom is -0.489 e. The third-order valence-corrected chi connectivity index (χ3v) is 4.45. The van der Waals surface area contributed by atoms with Gasteiger partial charge in [0.1, 0.15) is 28.3 Å². The minimum absolute atomic E-state index is 0.0391. The van der Waals surface area contributed by atoms with Crippen LogP contribution in [0.5, 0.6) is 28.9 Å². The molecule has 0 aliphatic carbocycles. The van der Waals surface area contributed by atoms with Crippen LogP contribution in [0.15, 0.2) is 53.0 Å². The van der Waals surface area contributed by atoms with Crippen LogP contribution in [0.4, 0.5) is 17.6 Å². The van der Waals surface area contributed by atoms with Crippen LogP contribution in [0.3, 0.4) is 0 Å². The van der Waals surface area contributed by atoms with Gasteiger partial charge in [-0.15, -0.1) is 0 Å². The minimum atomic E-state index is -4.58. The predicted molar refractivity (Wildman–Crippen MR) is 111 cm³/mol. The third-order valence-electron chi connectivity index (χ3n) is 4.15. The number of hydrogen-bond acceptors (Lipinski definition) is 4. The molecule has 0 fully saturated rings. The molecule has 0 aliphatic rings. The van der Waals surface area contributed by atoms with E-state index in [1.54, 1.807) is 0 Å². The first-order valence-electron chi connectivity index (χ1n) is 9.04. The molecule has 0 amide bonds. The van der Waals surface area contributed by atoms with E-state index in [0.717, 1.165) is 10.7 Å². The highest BCUT2D eigenvalue weighted by Crippen LogP contribution is 2.37. The van der Waals surface area contributed by atoms with Gasteiger partial charge in [0.15, 0.2) is 17.3 Å². The quantitative estimate of drug-likeness (QED) is 0.329. The lowest BCUT2D eigenvalue weighted by molar-refractivity contribution is -0.141. The van der Waals surface area contributed by atoms with E-state index in [2.05, 4.69) is 5.10 Å². The van der Waals surface area contributed by atoms with E-state index in [1.807, 2.05) is 0 Å². The first-order valence-corrected chi connectivity index (χ1v) is 9.80. The average molecular weight is 491 g/mol. The molecule has 0 saturated carbocycles. The van der Waals surface area contributed by atoms with Crippen LogP contribution in [-0.2, 0) is 13.2 Å². The molecule has 0 saturated heterocycles. The van der Waals surface area contributed by atoms with Gasteiger partial charge in [-0.25, -0.2) is 9.07 Å². The van der Waals surface area contributed by atoms with Gasteiger partial charge in [0.25, 0.3) is 0 Å². The van der Waals surface area contributed by atoms with Crippen molar-refractivity contribution in [3.8, 4) is 28.9 Å². The molecule has 170 valence electrons. The van der Waals surface area contributed by atoms with Gasteiger partial charge >= 0.3 is 6.18 Å². The molecule has 11 heteroatoms. The maximum atomic E-state index is 14.3. The standard InChI is InChI=1S/C21H16Cl2F4N2O3/c1-12-19(21(25,26)27)28-29(2)20(12)32-14-5-3-13(4-6-14)31-17-8-7-15(11-16(17)24)30-10-9-18(22)23/h3-9,11H,10H2,1-2H3. The number of halogens is 6. The first-order chi connectivity index (χ1) is 15.0. The van der Waals surface area contributed by atoms with Crippen molar-refractivity contribution in [1.29, 1.82) is 0 Å². The molecule has 1 aromatic heterocycles. The summed E-state index contributed by atoms with van der Waals surface area (Å²) in [4.78, 5) is 0. The lowest BCUT2D eigenvalue weighted by Gasteiger charge is -2.10. The summed E-state index contributed by atoms with van der Waals surface area (Å²) in [5.41, 5.74) is -1.15. The molecule has 5 nitrogen and oxygen atoms in total. The number of benzene rings is 2. The van der Waals surface area contributed by atoms with E-state index < -0.39 is 17.7 Å². The summed E-state index contributed by atoms with van der Waals surface area (Å²) >= 11 is 11.0. The zero-order chi connectivity index (χ0) is 23.5. The number of hydrogen-bond donors (Lipinski definition) is 0. The topological polar surface area (TPSA) is 45.5 Å². The number of nitrogens with zero attached hydrogens (tertiary/aromatic N) is 2. The van der Waals surface area contributed by atoms with Crippen molar-refractivity contribution in [1.82, 2.24) is 9.78 Å². The van der Waals surface area contributed by atoms with Gasteiger partial charge < -0.3 is 14.2 Å². The summed E-state index contributed by atoms with van der Waals surface area (Å²) in [5, 5.41) is 3.47. The number of aromatic nitrogens is 2. The smallest absolute Gasteiger partial charge is 0.435 e. The van der Waals surface area contributed by atoms with E-state index in [9.17, 15) is 17.6 Å². The van der Waals surface area contributed by atoms with Crippen LogP contribution >= 0.6 is 23.2 Å². The molecule has 3 aromatic rings. The molecular weight excluding hydrogens is 475 g/mol. The maximum Gasteiger partial charge on any atom is 0.435 e. The molecule has 0 aliphatic heterocycles. The fraction of sp³-hybridized carbons (Fsp3) is 0.190. The highest BCUT2D eigenvalue weighted by atomic mass is 35.5. The summed E-state index contributed by atoms with van der Waals surface area (Å²) in [6, 6.07) is 9.98. The number of ether oxygens (including phenoxy) is 3. The normalized spacial score (nSPS) is 11.2. The number of rotatable bonds is 7. The summed E-state index contributed by atoms with van der Waals surface area (Å²) in [7, 11) is 1.35. The Kier molecular flexibility index (Phi) is 7.20. The Balaban J connectivity index is 1.68. The fourth-order valence-corrected chi connectivity index (χ4v) is 2.82. The molecule has 0 N–H and O–H groups in total. The summed E-state index contributed by atoms with van der Waals surface area (Å²) in [6.45, 7) is 1.35. The van der Waals surface area contributed by atoms with Crippen LogP contribution in [0.1, 0.15) is 11.3 Å². The second kappa shape index (κ2) is 9.70. The van der Waals surface area contributed by atoms with Crippen LogP contribution in [0.2, 0.25) is 0 Å². The maximum absolute atomic E-state index is 14.3. The Morgan fingerprint density at radius 1 is 1.03 bits per heavy atom. The molecule has 32 heavy (non-hydrogen) atoms. The highest BCUT2D eigenvalue weighted by molar-refractivity contribution is 6.55. The zero-order valence-electron chi connectivity index (χ0n) is 16.7. The molecule has 0 unspecified atom stereocenters. The molecule has 3 rings (SSSR count). The largest absolute Gasteiger partial charge is 0.489 e. The fourth-order valence-electron chi connectivity index (χ4n) is 2.70. The van der Waals surface area contributed by atoms with Crippen molar-refractivity contribution in [2.24, 2.45) is 7.05 Å². The molecule has 0 atom stereocenters. The summed E-state index contributed by atoms with van der Waals surface area (Å²) < 4.78 is 70.6. The molecule has 2 aromatic carbocycles. The van der Waals surface area contributed by atoms with Crippen LogP contribution in [-0.4, -0.2) is 16.4 Å². The monoisotopic (exact) mass is 490 g/mol. The average Bonchev–Trinajstić information content (AvgIpc) is 2.99. The SMILES string of the molecule is Cc1c(C(F)(F)F)nn(C)c1Oc1ccc(Oc2ccc(OCC=C(Cl)Cl)cc2F)cc1. The summed E-state index contributed by atoms with van der Waals surface area (Å²) in [6.07, 6.45) is -3.17. The van der Waals surface area contributed by atoms with Gasteiger partial charge in [0, 0.05) is 18.7 Å². The second-order valence-electron chi connectivity index (χ2n) is 6.47. The first kappa shape index (κ1) is 23.7. The van der Waals surface area contributed by atoms with Crippen LogP contribution in [0, 0.1) is 12.7 Å². The number of aryl methyl sites for hydroxylation is 1. The molecule has 0 bridgehead atoms. The zero-order valence-corrected chi connectivity index (χ0v) is 18.2. The van der Waals surface area contributed by atoms with Crippen molar-refractivity contribution >= 4 is 23.2 Å². The van der Waals surface area contributed by atoms with E-state index in [4.69, 9.17) is 37.4 Å².